The van der Waals surface area contributed by atoms with Gasteiger partial charge in [0.2, 0.25) is 6.23 Å². The molecule has 33 heavy (non-hydrogen) atoms. The van der Waals surface area contributed by atoms with E-state index < -0.39 is 0 Å². The van der Waals surface area contributed by atoms with Crippen molar-refractivity contribution in [2.24, 2.45) is 5.10 Å². The summed E-state index contributed by atoms with van der Waals surface area (Å²) in [6.07, 6.45) is 2.15. The average Bonchev–Trinajstić information content (AvgIpc) is 3.32. The molecule has 2 aliphatic rings. The molecule has 0 bridgehead atoms. The molecule has 6 heteroatoms. The highest BCUT2D eigenvalue weighted by Crippen LogP contribution is 2.48. The Balaban J connectivity index is 1.51. The zero-order valence-corrected chi connectivity index (χ0v) is 18.7. The molecule has 0 saturated heterocycles. The first-order chi connectivity index (χ1) is 16.2. The molecular weight excluding hydrogens is 416 g/mol. The Bertz CT molecular complexity index is 1190. The second-order valence-corrected chi connectivity index (χ2v) is 7.89. The fourth-order valence-corrected chi connectivity index (χ4v) is 4.33. The topological polar surface area (TPSA) is 52.5 Å². The molecule has 0 unspecified atom stereocenters. The van der Waals surface area contributed by atoms with Gasteiger partial charge in [0.05, 0.1) is 26.0 Å². The molecule has 0 fully saturated rings. The van der Waals surface area contributed by atoms with Crippen molar-refractivity contribution >= 4 is 5.71 Å². The Morgan fingerprint density at radius 2 is 1.82 bits per heavy atom. The van der Waals surface area contributed by atoms with E-state index in [1.807, 2.05) is 60.7 Å². The number of benzene rings is 3. The fourth-order valence-electron chi connectivity index (χ4n) is 4.33. The molecule has 0 N–H and O–H groups in total. The Kier molecular flexibility index (Phi) is 5.65. The number of hydrogen-bond donors (Lipinski definition) is 0. The second kappa shape index (κ2) is 8.90. The highest BCUT2D eigenvalue weighted by atomic mass is 16.5. The van der Waals surface area contributed by atoms with Gasteiger partial charge in [0.25, 0.3) is 0 Å². The highest BCUT2D eigenvalue weighted by Gasteiger charge is 2.41. The molecule has 6 nitrogen and oxygen atoms in total. The van der Waals surface area contributed by atoms with Crippen LogP contribution in [0, 0.1) is 0 Å². The normalized spacial score (nSPS) is 18.5. The van der Waals surface area contributed by atoms with Crippen LogP contribution in [0.5, 0.6) is 23.0 Å². The molecule has 3 aromatic carbocycles. The lowest BCUT2D eigenvalue weighted by molar-refractivity contribution is -0.0191. The number of nitrogens with zero attached hydrogens (tertiary/aromatic N) is 2. The van der Waals surface area contributed by atoms with Crippen LogP contribution >= 0.6 is 0 Å². The van der Waals surface area contributed by atoms with Crippen LogP contribution in [0.2, 0.25) is 0 Å². The summed E-state index contributed by atoms with van der Waals surface area (Å²) in [5, 5.41) is 7.08. The summed E-state index contributed by atoms with van der Waals surface area (Å²) in [6, 6.07) is 22.1. The van der Waals surface area contributed by atoms with Crippen molar-refractivity contribution in [2.75, 3.05) is 20.8 Å². The standard InChI is InChI=1S/C27H26N2O4/c1-4-15-32-20-12-9-18(10-13-20)22-17-23-21-7-5-6-8-24(21)33-27(29(23)28-22)19-11-14-25(30-2)26(16-19)31-3/h4-14,16,23,27H,1,15,17H2,2-3H3/t23-,27+/m1/s1. The Morgan fingerprint density at radius 1 is 1.03 bits per heavy atom. The summed E-state index contributed by atoms with van der Waals surface area (Å²) in [6.45, 7) is 4.18. The number of fused-ring (bicyclic) bond motifs is 3. The predicted molar refractivity (Wildman–Crippen MR) is 127 cm³/mol. The van der Waals surface area contributed by atoms with E-state index in [4.69, 9.17) is 24.0 Å². The van der Waals surface area contributed by atoms with Crippen molar-refractivity contribution in [1.29, 1.82) is 0 Å². The van der Waals surface area contributed by atoms with Gasteiger partial charge in [-0.2, -0.15) is 5.10 Å². The number of hydrogen-bond acceptors (Lipinski definition) is 6. The van der Waals surface area contributed by atoms with E-state index in [9.17, 15) is 0 Å². The minimum Gasteiger partial charge on any atom is -0.493 e. The first-order valence-electron chi connectivity index (χ1n) is 10.9. The maximum absolute atomic E-state index is 6.45. The van der Waals surface area contributed by atoms with Crippen LogP contribution in [0.15, 0.2) is 84.5 Å². The summed E-state index contributed by atoms with van der Waals surface area (Å²) in [5.74, 6) is 3.03. The summed E-state index contributed by atoms with van der Waals surface area (Å²) >= 11 is 0. The maximum atomic E-state index is 6.45. The minimum absolute atomic E-state index is 0.0831. The molecule has 2 heterocycles. The molecule has 0 aromatic heterocycles. The van der Waals surface area contributed by atoms with Gasteiger partial charge in [-0.3, -0.25) is 0 Å². The molecule has 168 valence electrons. The molecule has 2 atom stereocenters. The van der Waals surface area contributed by atoms with Crippen molar-refractivity contribution in [3.05, 3.63) is 96.1 Å². The van der Waals surface area contributed by atoms with E-state index in [1.165, 1.54) is 0 Å². The van der Waals surface area contributed by atoms with Crippen molar-refractivity contribution in [1.82, 2.24) is 5.01 Å². The van der Waals surface area contributed by atoms with Gasteiger partial charge in [-0.15, -0.1) is 0 Å². The van der Waals surface area contributed by atoms with Crippen LogP contribution in [-0.2, 0) is 0 Å². The van der Waals surface area contributed by atoms with Crippen LogP contribution in [0.4, 0.5) is 0 Å². The van der Waals surface area contributed by atoms with Crippen molar-refractivity contribution in [3.8, 4) is 23.0 Å². The summed E-state index contributed by atoms with van der Waals surface area (Å²) in [4.78, 5) is 0. The summed E-state index contributed by atoms with van der Waals surface area (Å²) in [5.41, 5.74) is 4.17. The third-order valence-electron chi connectivity index (χ3n) is 5.95. The highest BCUT2D eigenvalue weighted by molar-refractivity contribution is 6.02. The minimum atomic E-state index is -0.377. The molecule has 0 radical (unpaired) electrons. The fraction of sp³-hybridized carbons (Fsp3) is 0.222. The van der Waals surface area contributed by atoms with Crippen molar-refractivity contribution in [2.45, 2.75) is 18.7 Å². The summed E-state index contributed by atoms with van der Waals surface area (Å²) in [7, 11) is 3.27. The lowest BCUT2D eigenvalue weighted by atomic mass is 9.96. The predicted octanol–water partition coefficient (Wildman–Crippen LogP) is 5.51. The van der Waals surface area contributed by atoms with Gasteiger partial charge < -0.3 is 18.9 Å². The summed E-state index contributed by atoms with van der Waals surface area (Å²) < 4.78 is 23.0. The van der Waals surface area contributed by atoms with E-state index in [0.29, 0.717) is 18.1 Å². The Hall–Kier alpha value is -3.93. The van der Waals surface area contributed by atoms with Gasteiger partial charge in [0, 0.05) is 17.5 Å². The lowest BCUT2D eigenvalue weighted by Crippen LogP contribution is -2.33. The van der Waals surface area contributed by atoms with Crippen LogP contribution in [0.3, 0.4) is 0 Å². The van der Waals surface area contributed by atoms with Gasteiger partial charge in [-0.25, -0.2) is 5.01 Å². The second-order valence-electron chi connectivity index (χ2n) is 7.89. The van der Waals surface area contributed by atoms with Crippen LogP contribution < -0.4 is 18.9 Å². The molecule has 2 aliphatic heterocycles. The van der Waals surface area contributed by atoms with Crippen LogP contribution in [-0.4, -0.2) is 31.5 Å². The van der Waals surface area contributed by atoms with Gasteiger partial charge in [-0.1, -0.05) is 30.9 Å². The molecule has 0 amide bonds. The maximum Gasteiger partial charge on any atom is 0.214 e. The quantitative estimate of drug-likeness (QED) is 0.452. The van der Waals surface area contributed by atoms with E-state index in [-0.39, 0.29) is 12.3 Å². The van der Waals surface area contributed by atoms with Crippen LogP contribution in [0.1, 0.15) is 35.4 Å². The zero-order valence-electron chi connectivity index (χ0n) is 18.7. The van der Waals surface area contributed by atoms with Gasteiger partial charge in [0.15, 0.2) is 11.5 Å². The Labute approximate surface area is 193 Å². The molecule has 5 rings (SSSR count). The number of rotatable bonds is 7. The largest absolute Gasteiger partial charge is 0.493 e. The van der Waals surface area contributed by atoms with Gasteiger partial charge >= 0.3 is 0 Å². The monoisotopic (exact) mass is 442 g/mol. The van der Waals surface area contributed by atoms with Gasteiger partial charge in [-0.05, 0) is 54.1 Å². The average molecular weight is 443 g/mol. The van der Waals surface area contributed by atoms with Crippen molar-refractivity contribution < 1.29 is 18.9 Å². The van der Waals surface area contributed by atoms with Crippen LogP contribution in [0.25, 0.3) is 0 Å². The van der Waals surface area contributed by atoms with E-state index in [0.717, 1.165) is 40.3 Å². The molecule has 3 aromatic rings. The molecule has 0 saturated carbocycles. The first kappa shape index (κ1) is 20.9. The smallest absolute Gasteiger partial charge is 0.214 e. The third kappa shape index (κ3) is 3.89. The van der Waals surface area contributed by atoms with E-state index in [1.54, 1.807) is 20.3 Å². The van der Waals surface area contributed by atoms with Crippen molar-refractivity contribution in [3.63, 3.8) is 0 Å². The van der Waals surface area contributed by atoms with E-state index in [2.05, 4.69) is 17.7 Å². The third-order valence-corrected chi connectivity index (χ3v) is 5.95. The number of methoxy groups -OCH3 is 2. The van der Waals surface area contributed by atoms with E-state index >= 15 is 0 Å². The number of para-hydroxylation sites is 1. The molecule has 0 aliphatic carbocycles. The number of ether oxygens (including phenoxy) is 4. The zero-order chi connectivity index (χ0) is 22.8. The Morgan fingerprint density at radius 3 is 2.58 bits per heavy atom. The molecule has 0 spiro atoms. The first-order valence-corrected chi connectivity index (χ1v) is 10.9. The van der Waals surface area contributed by atoms with Gasteiger partial charge in [0.1, 0.15) is 18.1 Å². The lowest BCUT2D eigenvalue weighted by Gasteiger charge is -2.38. The number of hydrazone groups is 1. The SMILES string of the molecule is C=CCOc1ccc(C2=NN3[C@H](C2)c2ccccc2O[C@H]3c2ccc(OC)c(OC)c2)cc1. The molecular formula is C27H26N2O4.